The lowest BCUT2D eigenvalue weighted by Gasteiger charge is -2.32. The van der Waals surface area contributed by atoms with Crippen LogP contribution in [0, 0.1) is 5.92 Å². The highest BCUT2D eigenvalue weighted by Gasteiger charge is 2.22. The molecular weight excluding hydrogens is 378 g/mol. The molecule has 2 fully saturated rings. The normalized spacial score (nSPS) is 19.4. The molecule has 4 rings (SSSR count). The summed E-state index contributed by atoms with van der Waals surface area (Å²) < 4.78 is 0. The van der Waals surface area contributed by atoms with Gasteiger partial charge in [0.05, 0.1) is 0 Å². The van der Waals surface area contributed by atoms with Gasteiger partial charge in [-0.05, 0) is 49.1 Å². The van der Waals surface area contributed by atoms with E-state index < -0.39 is 0 Å². The van der Waals surface area contributed by atoms with Crippen molar-refractivity contribution in [1.82, 2.24) is 15.5 Å². The van der Waals surface area contributed by atoms with Crippen LogP contribution in [0.1, 0.15) is 18.4 Å². The predicted molar refractivity (Wildman–Crippen MR) is 119 cm³/mol. The summed E-state index contributed by atoms with van der Waals surface area (Å²) in [6.07, 6.45) is 2.28. The molecule has 30 heavy (non-hydrogen) atoms. The van der Waals surface area contributed by atoms with Gasteiger partial charge >= 0.3 is 12.1 Å². The quantitative estimate of drug-likeness (QED) is 0.688. The molecule has 0 spiro atoms. The standard InChI is InChI=1S/C23H29N5O2/c29-22(26-20-9-4-10-21(14-20)28-13-11-24-23(28)30)25-15-19-8-5-12-27(17-19)16-18-6-2-1-3-7-18/h1-4,6-7,9-10,14,19H,5,8,11-13,15-17H2,(H,24,30)(H2,25,26,29). The lowest BCUT2D eigenvalue weighted by atomic mass is 9.97. The van der Waals surface area contributed by atoms with E-state index in [1.165, 1.54) is 5.56 Å². The molecule has 3 N–H and O–H groups in total. The summed E-state index contributed by atoms with van der Waals surface area (Å²) in [5.41, 5.74) is 2.79. The zero-order valence-electron chi connectivity index (χ0n) is 17.1. The molecule has 0 saturated carbocycles. The van der Waals surface area contributed by atoms with E-state index in [2.05, 4.69) is 45.1 Å². The van der Waals surface area contributed by atoms with E-state index in [0.717, 1.165) is 38.2 Å². The first-order chi connectivity index (χ1) is 14.7. The molecule has 158 valence electrons. The number of amides is 4. The summed E-state index contributed by atoms with van der Waals surface area (Å²) in [4.78, 5) is 28.4. The van der Waals surface area contributed by atoms with Crippen molar-refractivity contribution in [1.29, 1.82) is 0 Å². The van der Waals surface area contributed by atoms with Gasteiger partial charge in [-0.25, -0.2) is 9.59 Å². The largest absolute Gasteiger partial charge is 0.338 e. The third-order valence-corrected chi connectivity index (χ3v) is 5.68. The van der Waals surface area contributed by atoms with Gasteiger partial charge < -0.3 is 16.0 Å². The molecule has 7 heteroatoms. The number of likely N-dealkylation sites (tertiary alicyclic amines) is 1. The molecule has 2 aromatic carbocycles. The van der Waals surface area contributed by atoms with Crippen molar-refractivity contribution in [3.05, 3.63) is 60.2 Å². The molecule has 2 aromatic rings. The van der Waals surface area contributed by atoms with E-state index in [-0.39, 0.29) is 12.1 Å². The van der Waals surface area contributed by atoms with Gasteiger partial charge in [0.25, 0.3) is 0 Å². The Morgan fingerprint density at radius 3 is 2.77 bits per heavy atom. The minimum absolute atomic E-state index is 0.103. The van der Waals surface area contributed by atoms with Gasteiger partial charge in [0, 0.05) is 44.1 Å². The fourth-order valence-corrected chi connectivity index (χ4v) is 4.18. The van der Waals surface area contributed by atoms with Crippen LogP contribution in [-0.4, -0.2) is 49.7 Å². The van der Waals surface area contributed by atoms with Gasteiger partial charge in [-0.3, -0.25) is 9.80 Å². The minimum atomic E-state index is -0.210. The number of urea groups is 2. The maximum Gasteiger partial charge on any atom is 0.321 e. The van der Waals surface area contributed by atoms with E-state index in [1.54, 1.807) is 4.90 Å². The minimum Gasteiger partial charge on any atom is -0.338 e. The Morgan fingerprint density at radius 1 is 1.10 bits per heavy atom. The van der Waals surface area contributed by atoms with Crippen LogP contribution < -0.4 is 20.9 Å². The highest BCUT2D eigenvalue weighted by Crippen LogP contribution is 2.21. The van der Waals surface area contributed by atoms with E-state index in [4.69, 9.17) is 0 Å². The number of carbonyl (C=O) groups excluding carboxylic acids is 2. The van der Waals surface area contributed by atoms with Crippen LogP contribution in [0.3, 0.4) is 0 Å². The van der Waals surface area contributed by atoms with Gasteiger partial charge in [0.2, 0.25) is 0 Å². The molecule has 2 aliphatic heterocycles. The number of carbonyl (C=O) groups is 2. The Labute approximate surface area is 177 Å². The first-order valence-electron chi connectivity index (χ1n) is 10.6. The maximum atomic E-state index is 12.4. The number of anilines is 2. The van der Waals surface area contributed by atoms with E-state index in [1.807, 2.05) is 30.3 Å². The summed E-state index contributed by atoms with van der Waals surface area (Å²) in [5.74, 6) is 0.452. The predicted octanol–water partition coefficient (Wildman–Crippen LogP) is 3.25. The summed E-state index contributed by atoms with van der Waals surface area (Å²) in [6.45, 7) is 4.99. The molecule has 0 aliphatic carbocycles. The summed E-state index contributed by atoms with van der Waals surface area (Å²) in [6, 6.07) is 17.6. The molecule has 2 saturated heterocycles. The first kappa shape index (κ1) is 20.2. The highest BCUT2D eigenvalue weighted by atomic mass is 16.2. The van der Waals surface area contributed by atoms with Crippen molar-refractivity contribution in [2.45, 2.75) is 19.4 Å². The summed E-state index contributed by atoms with van der Waals surface area (Å²) in [5, 5.41) is 8.69. The first-order valence-corrected chi connectivity index (χ1v) is 10.6. The van der Waals surface area contributed by atoms with Gasteiger partial charge in [-0.15, -0.1) is 0 Å². The monoisotopic (exact) mass is 407 g/mol. The van der Waals surface area contributed by atoms with E-state index in [0.29, 0.717) is 31.2 Å². The molecule has 2 heterocycles. The van der Waals surface area contributed by atoms with Crippen LogP contribution in [0.2, 0.25) is 0 Å². The molecule has 0 radical (unpaired) electrons. The second-order valence-electron chi connectivity index (χ2n) is 8.00. The lowest BCUT2D eigenvalue weighted by Crippen LogP contribution is -2.41. The lowest BCUT2D eigenvalue weighted by molar-refractivity contribution is 0.166. The molecule has 4 amide bonds. The Morgan fingerprint density at radius 2 is 1.97 bits per heavy atom. The molecule has 0 aromatic heterocycles. The van der Waals surface area contributed by atoms with Crippen molar-refractivity contribution in [3.8, 4) is 0 Å². The zero-order chi connectivity index (χ0) is 20.8. The Bertz CT molecular complexity index is 873. The highest BCUT2D eigenvalue weighted by molar-refractivity contribution is 5.95. The van der Waals surface area contributed by atoms with Crippen LogP contribution in [0.5, 0.6) is 0 Å². The smallest absolute Gasteiger partial charge is 0.321 e. The Hall–Kier alpha value is -3.06. The summed E-state index contributed by atoms with van der Waals surface area (Å²) >= 11 is 0. The second kappa shape index (κ2) is 9.63. The fraction of sp³-hybridized carbons (Fsp3) is 0.391. The van der Waals surface area contributed by atoms with Crippen molar-refractivity contribution in [2.24, 2.45) is 5.92 Å². The van der Waals surface area contributed by atoms with Crippen LogP contribution >= 0.6 is 0 Å². The molecule has 1 unspecified atom stereocenters. The van der Waals surface area contributed by atoms with Crippen LogP contribution in [0.4, 0.5) is 21.0 Å². The van der Waals surface area contributed by atoms with Crippen molar-refractivity contribution in [2.75, 3.05) is 42.9 Å². The Kier molecular flexibility index (Phi) is 6.49. The fourth-order valence-electron chi connectivity index (χ4n) is 4.18. The van der Waals surface area contributed by atoms with E-state index in [9.17, 15) is 9.59 Å². The van der Waals surface area contributed by atoms with Crippen LogP contribution in [0.25, 0.3) is 0 Å². The molecule has 1 atom stereocenters. The second-order valence-corrected chi connectivity index (χ2v) is 8.00. The van der Waals surface area contributed by atoms with Crippen molar-refractivity contribution in [3.63, 3.8) is 0 Å². The number of hydrogen-bond donors (Lipinski definition) is 3. The molecule has 7 nitrogen and oxygen atoms in total. The van der Waals surface area contributed by atoms with E-state index >= 15 is 0 Å². The SMILES string of the molecule is O=C(NCC1CCCN(Cc2ccccc2)C1)Nc1cccc(N2CCNC2=O)c1. The Balaban J connectivity index is 1.25. The van der Waals surface area contributed by atoms with Gasteiger partial charge in [0.1, 0.15) is 0 Å². The van der Waals surface area contributed by atoms with Crippen molar-refractivity contribution >= 4 is 23.4 Å². The molecular formula is C23H29N5O2. The molecule has 2 aliphatic rings. The van der Waals surface area contributed by atoms with Crippen LogP contribution in [0.15, 0.2) is 54.6 Å². The van der Waals surface area contributed by atoms with Crippen molar-refractivity contribution < 1.29 is 9.59 Å². The van der Waals surface area contributed by atoms with Gasteiger partial charge in [0.15, 0.2) is 0 Å². The van der Waals surface area contributed by atoms with Gasteiger partial charge in [-0.2, -0.15) is 0 Å². The number of nitrogens with zero attached hydrogens (tertiary/aromatic N) is 2. The average molecular weight is 408 g/mol. The molecule has 0 bridgehead atoms. The third kappa shape index (κ3) is 5.30. The number of benzene rings is 2. The van der Waals surface area contributed by atoms with Gasteiger partial charge in [-0.1, -0.05) is 36.4 Å². The number of piperidine rings is 1. The van der Waals surface area contributed by atoms with Crippen LogP contribution in [-0.2, 0) is 6.54 Å². The number of nitrogens with one attached hydrogen (secondary N) is 3. The number of hydrogen-bond acceptors (Lipinski definition) is 3. The third-order valence-electron chi connectivity index (χ3n) is 5.68. The number of rotatable bonds is 6. The topological polar surface area (TPSA) is 76.7 Å². The zero-order valence-corrected chi connectivity index (χ0v) is 17.1. The maximum absolute atomic E-state index is 12.4. The average Bonchev–Trinajstić information content (AvgIpc) is 3.19. The summed E-state index contributed by atoms with van der Waals surface area (Å²) in [7, 11) is 0.